The number of hydrogen-bond acceptors (Lipinski definition) is 6. The van der Waals surface area contributed by atoms with E-state index >= 15 is 0 Å². The van der Waals surface area contributed by atoms with Gasteiger partial charge < -0.3 is 20.2 Å². The molecular weight excluding hydrogens is 267 g/mol. The fraction of sp³-hybridized carbons (Fsp3) is 0.273. The summed E-state index contributed by atoms with van der Waals surface area (Å²) in [7, 11) is -1.08. The van der Waals surface area contributed by atoms with E-state index in [0.29, 0.717) is 17.9 Å². The van der Waals surface area contributed by atoms with Crippen LogP contribution in [0.3, 0.4) is 0 Å². The van der Waals surface area contributed by atoms with Gasteiger partial charge in [0.25, 0.3) is 5.91 Å². The molecule has 0 saturated carbocycles. The van der Waals surface area contributed by atoms with E-state index < -0.39 is 19.0 Å². The lowest BCUT2D eigenvalue weighted by molar-refractivity contribution is -0.115. The zero-order valence-corrected chi connectivity index (χ0v) is 10.8. The van der Waals surface area contributed by atoms with E-state index in [4.69, 9.17) is 9.86 Å². The molecule has 0 aliphatic carbocycles. The van der Waals surface area contributed by atoms with E-state index in [1.165, 1.54) is 11.3 Å². The van der Waals surface area contributed by atoms with Crippen LogP contribution in [-0.4, -0.2) is 41.5 Å². The van der Waals surface area contributed by atoms with Gasteiger partial charge in [-0.05, 0) is 17.9 Å². The second kappa shape index (κ2) is 6.51. The highest BCUT2D eigenvalue weighted by Gasteiger charge is 2.30. The second-order valence-corrected chi connectivity index (χ2v) is 4.88. The van der Waals surface area contributed by atoms with Crippen molar-refractivity contribution in [3.63, 3.8) is 0 Å². The molecule has 1 aliphatic heterocycles. The number of carbonyl (C=O) groups is 1. The third-order valence-electron chi connectivity index (χ3n) is 2.65. The van der Waals surface area contributed by atoms with Crippen LogP contribution in [0.4, 0.5) is 0 Å². The highest BCUT2D eigenvalue weighted by molar-refractivity contribution is 7.13. The number of oxime groups is 1. The van der Waals surface area contributed by atoms with Crippen LogP contribution in [0.2, 0.25) is 0 Å². The second-order valence-electron chi connectivity index (χ2n) is 3.94. The van der Waals surface area contributed by atoms with Gasteiger partial charge in [-0.1, -0.05) is 23.4 Å². The van der Waals surface area contributed by atoms with E-state index in [-0.39, 0.29) is 5.71 Å². The standard InChI is InChI=1S/C11H13BN2O4S/c15-11(10(14-17)8-4-3-7-19-8)13-9-5-1-2-6-18-12(9)16/h1-4,7,9,16-17H,5-6H2,(H,13,15)/b14-10-. The molecule has 2 heterocycles. The van der Waals surface area contributed by atoms with Gasteiger partial charge in [-0.15, -0.1) is 11.3 Å². The average Bonchev–Trinajstić information content (AvgIpc) is 2.84. The fourth-order valence-corrected chi connectivity index (χ4v) is 2.39. The molecule has 1 amide bonds. The van der Waals surface area contributed by atoms with Crippen molar-refractivity contribution < 1.29 is 19.7 Å². The molecular formula is C11H13BN2O4S. The minimum Gasteiger partial charge on any atom is -0.426 e. The summed E-state index contributed by atoms with van der Waals surface area (Å²) in [6, 6.07) is 3.43. The quantitative estimate of drug-likeness (QED) is 0.246. The Morgan fingerprint density at radius 2 is 2.42 bits per heavy atom. The number of nitrogens with zero attached hydrogens (tertiary/aromatic N) is 1. The van der Waals surface area contributed by atoms with E-state index in [2.05, 4.69) is 10.5 Å². The third kappa shape index (κ3) is 3.43. The maximum atomic E-state index is 12.0. The largest absolute Gasteiger partial charge is 0.478 e. The van der Waals surface area contributed by atoms with Crippen LogP contribution >= 0.6 is 11.3 Å². The van der Waals surface area contributed by atoms with Crippen molar-refractivity contribution in [3.8, 4) is 0 Å². The lowest BCUT2D eigenvalue weighted by Crippen LogP contribution is -2.49. The number of rotatable bonds is 3. The van der Waals surface area contributed by atoms with Crippen LogP contribution in [0.15, 0.2) is 34.8 Å². The fourth-order valence-electron chi connectivity index (χ4n) is 1.68. The first-order valence-electron chi connectivity index (χ1n) is 5.74. The minimum absolute atomic E-state index is 0.0737. The molecule has 2 rings (SSSR count). The summed E-state index contributed by atoms with van der Waals surface area (Å²) in [5, 5.41) is 26.0. The predicted molar refractivity (Wildman–Crippen MR) is 72.3 cm³/mol. The summed E-state index contributed by atoms with van der Waals surface area (Å²) in [4.78, 5) is 12.6. The Morgan fingerprint density at radius 1 is 1.58 bits per heavy atom. The first-order valence-corrected chi connectivity index (χ1v) is 6.62. The van der Waals surface area contributed by atoms with E-state index in [1.54, 1.807) is 23.6 Å². The lowest BCUT2D eigenvalue weighted by atomic mass is 9.77. The van der Waals surface area contributed by atoms with Gasteiger partial charge in [0.15, 0.2) is 5.71 Å². The molecule has 19 heavy (non-hydrogen) atoms. The van der Waals surface area contributed by atoms with Crippen molar-refractivity contribution in [2.24, 2.45) is 5.16 Å². The molecule has 0 radical (unpaired) electrons. The molecule has 0 spiro atoms. The molecule has 0 saturated heterocycles. The van der Waals surface area contributed by atoms with Crippen LogP contribution in [0, 0.1) is 0 Å². The maximum Gasteiger partial charge on any atom is 0.478 e. The highest BCUT2D eigenvalue weighted by Crippen LogP contribution is 2.11. The topological polar surface area (TPSA) is 91.2 Å². The smallest absolute Gasteiger partial charge is 0.426 e. The SMILES string of the molecule is O=C(NC1CC=CCOB1O)/C(=N\O)c1cccs1. The van der Waals surface area contributed by atoms with E-state index in [9.17, 15) is 9.82 Å². The Hall–Kier alpha value is -1.64. The van der Waals surface area contributed by atoms with E-state index in [1.807, 2.05) is 6.08 Å². The molecule has 1 atom stereocenters. The molecule has 8 heteroatoms. The van der Waals surface area contributed by atoms with Crippen molar-refractivity contribution in [1.82, 2.24) is 5.32 Å². The Labute approximate surface area is 114 Å². The Morgan fingerprint density at radius 3 is 3.11 bits per heavy atom. The zero-order valence-electron chi connectivity index (χ0n) is 10.0. The minimum atomic E-state index is -1.08. The number of carbonyl (C=O) groups excluding carboxylic acids is 1. The number of hydrogen-bond donors (Lipinski definition) is 3. The molecule has 0 fully saturated rings. The Kier molecular flexibility index (Phi) is 4.72. The summed E-state index contributed by atoms with van der Waals surface area (Å²) in [5.41, 5.74) is -0.0737. The highest BCUT2D eigenvalue weighted by atomic mass is 32.1. The van der Waals surface area contributed by atoms with Gasteiger partial charge in [-0.3, -0.25) is 4.79 Å². The number of amides is 1. The van der Waals surface area contributed by atoms with Crippen LogP contribution in [0.5, 0.6) is 0 Å². The molecule has 1 aromatic rings. The summed E-state index contributed by atoms with van der Waals surface area (Å²) >= 11 is 1.29. The molecule has 100 valence electrons. The van der Waals surface area contributed by atoms with Crippen molar-refractivity contribution in [2.75, 3.05) is 6.61 Å². The Balaban J connectivity index is 2.05. The zero-order chi connectivity index (χ0) is 13.7. The number of nitrogens with one attached hydrogen (secondary N) is 1. The van der Waals surface area contributed by atoms with Gasteiger partial charge in [-0.25, -0.2) is 0 Å². The van der Waals surface area contributed by atoms with Crippen molar-refractivity contribution in [1.29, 1.82) is 0 Å². The first-order chi connectivity index (χ1) is 9.22. The average molecular weight is 280 g/mol. The van der Waals surface area contributed by atoms with Gasteiger partial charge in [-0.2, -0.15) is 0 Å². The third-order valence-corrected chi connectivity index (χ3v) is 3.53. The molecule has 0 aromatic carbocycles. The Bertz CT molecular complexity index is 489. The molecule has 6 nitrogen and oxygen atoms in total. The van der Waals surface area contributed by atoms with Gasteiger partial charge in [0.2, 0.25) is 0 Å². The van der Waals surface area contributed by atoms with E-state index in [0.717, 1.165) is 0 Å². The molecule has 1 unspecified atom stereocenters. The van der Waals surface area contributed by atoms with Crippen LogP contribution < -0.4 is 5.32 Å². The van der Waals surface area contributed by atoms with Gasteiger partial charge in [0.05, 0.1) is 10.8 Å². The monoisotopic (exact) mass is 280 g/mol. The number of thiophene rings is 1. The summed E-state index contributed by atoms with van der Waals surface area (Å²) in [6.07, 6.45) is 4.05. The van der Waals surface area contributed by atoms with Crippen molar-refractivity contribution in [3.05, 3.63) is 34.5 Å². The summed E-state index contributed by atoms with van der Waals surface area (Å²) in [5.74, 6) is -1.11. The molecule has 3 N–H and O–H groups in total. The van der Waals surface area contributed by atoms with Crippen LogP contribution in [0.25, 0.3) is 0 Å². The van der Waals surface area contributed by atoms with Crippen molar-refractivity contribution in [2.45, 2.75) is 12.4 Å². The molecule has 1 aliphatic rings. The lowest BCUT2D eigenvalue weighted by Gasteiger charge is -2.17. The van der Waals surface area contributed by atoms with Gasteiger partial charge in [0, 0.05) is 6.61 Å². The van der Waals surface area contributed by atoms with Crippen molar-refractivity contribution >= 4 is 30.1 Å². The maximum absolute atomic E-state index is 12.0. The summed E-state index contributed by atoms with van der Waals surface area (Å²) < 4.78 is 5.07. The molecule has 1 aromatic heterocycles. The van der Waals surface area contributed by atoms with Gasteiger partial charge >= 0.3 is 7.12 Å². The first kappa shape index (κ1) is 13.8. The summed E-state index contributed by atoms with van der Waals surface area (Å²) in [6.45, 7) is 0.305. The predicted octanol–water partition coefficient (Wildman–Crippen LogP) is 0.407. The normalized spacial score (nSPS) is 20.2. The molecule has 0 bridgehead atoms. The van der Waals surface area contributed by atoms with Crippen LogP contribution in [-0.2, 0) is 9.45 Å². The van der Waals surface area contributed by atoms with Gasteiger partial charge in [0.1, 0.15) is 0 Å². The van der Waals surface area contributed by atoms with Crippen LogP contribution in [0.1, 0.15) is 11.3 Å².